The van der Waals surface area contributed by atoms with Gasteiger partial charge in [-0.05, 0) is 43.0 Å². The van der Waals surface area contributed by atoms with E-state index in [2.05, 4.69) is 9.88 Å². The van der Waals surface area contributed by atoms with Crippen LogP contribution < -0.4 is 4.74 Å². The Labute approximate surface area is 195 Å². The number of aliphatic carboxylic acids is 1. The molecule has 174 valence electrons. The maximum absolute atomic E-state index is 13.5. The van der Waals surface area contributed by atoms with Crippen LogP contribution in [-0.2, 0) is 30.1 Å². The molecule has 0 aliphatic carbocycles. The molecule has 1 N–H and O–H groups in total. The fourth-order valence-corrected chi connectivity index (χ4v) is 5.06. The number of carbonyl (C=O) groups is 1. The molecule has 2 aromatic carbocycles. The minimum absolute atomic E-state index is 0.000372. The molecular formula is C25H26F2N2O3S. The average Bonchev–Trinajstić information content (AvgIpc) is 3.01. The summed E-state index contributed by atoms with van der Waals surface area (Å²) in [4.78, 5) is 19.0. The highest BCUT2D eigenvalue weighted by Crippen LogP contribution is 2.33. The van der Waals surface area contributed by atoms with Crippen LogP contribution in [0.15, 0.2) is 42.5 Å². The third kappa shape index (κ3) is 5.75. The Kier molecular flexibility index (Phi) is 6.76. The summed E-state index contributed by atoms with van der Waals surface area (Å²) in [5.74, 6) is -3.26. The predicted molar refractivity (Wildman–Crippen MR) is 124 cm³/mol. The van der Waals surface area contributed by atoms with Crippen molar-refractivity contribution in [1.82, 2.24) is 9.88 Å². The number of hydrogen-bond donors (Lipinski definition) is 1. The largest absolute Gasteiger partial charge is 0.482 e. The van der Waals surface area contributed by atoms with Crippen LogP contribution in [0.2, 0.25) is 0 Å². The Bertz CT molecular complexity index is 1140. The number of aromatic nitrogens is 1. The Morgan fingerprint density at radius 2 is 1.85 bits per heavy atom. The number of rotatable bonds is 7. The smallest absolute Gasteiger partial charge is 0.341 e. The van der Waals surface area contributed by atoms with Gasteiger partial charge in [-0.3, -0.25) is 4.90 Å². The number of thiazole rings is 1. The van der Waals surface area contributed by atoms with Gasteiger partial charge in [0.1, 0.15) is 10.8 Å². The van der Waals surface area contributed by atoms with Gasteiger partial charge in [0.2, 0.25) is 0 Å². The molecule has 0 bridgehead atoms. The van der Waals surface area contributed by atoms with Crippen LogP contribution in [-0.4, -0.2) is 40.7 Å². The molecule has 3 aromatic rings. The van der Waals surface area contributed by atoms with E-state index in [0.29, 0.717) is 5.75 Å². The molecule has 1 aliphatic rings. The van der Waals surface area contributed by atoms with Gasteiger partial charge in [-0.1, -0.05) is 30.3 Å². The molecule has 2 heterocycles. The number of nitrogens with zero attached hydrogens (tertiary/aromatic N) is 2. The number of ether oxygens (including phenoxy) is 1. The summed E-state index contributed by atoms with van der Waals surface area (Å²) in [6.45, 7) is 5.11. The molecule has 0 atom stereocenters. The highest BCUT2D eigenvalue weighted by molar-refractivity contribution is 7.15. The highest BCUT2D eigenvalue weighted by Gasteiger charge is 2.24. The van der Waals surface area contributed by atoms with Crippen molar-refractivity contribution in [3.05, 3.63) is 69.7 Å². The minimum atomic E-state index is -2.85. The second-order valence-corrected chi connectivity index (χ2v) is 9.47. The van der Waals surface area contributed by atoms with E-state index in [1.165, 1.54) is 28.1 Å². The molecule has 0 radical (unpaired) electrons. The maximum atomic E-state index is 13.5. The summed E-state index contributed by atoms with van der Waals surface area (Å²) >= 11 is 1.61. The van der Waals surface area contributed by atoms with Crippen LogP contribution >= 0.6 is 11.3 Å². The van der Waals surface area contributed by atoms with Crippen LogP contribution in [0.1, 0.15) is 34.2 Å². The van der Waals surface area contributed by atoms with Crippen molar-refractivity contribution in [1.29, 1.82) is 0 Å². The van der Waals surface area contributed by atoms with Crippen LogP contribution in [0.3, 0.4) is 0 Å². The van der Waals surface area contributed by atoms with E-state index in [0.717, 1.165) is 55.7 Å². The fourth-order valence-electron chi connectivity index (χ4n) is 3.95. The normalized spacial score (nSPS) is 14.5. The number of benzene rings is 2. The van der Waals surface area contributed by atoms with Gasteiger partial charge in [0.05, 0.1) is 5.69 Å². The molecule has 1 aliphatic heterocycles. The number of carboxylic acid groups (broad SMARTS) is 1. The lowest BCUT2D eigenvalue weighted by Gasteiger charge is -2.18. The van der Waals surface area contributed by atoms with Crippen molar-refractivity contribution in [3.8, 4) is 16.3 Å². The summed E-state index contributed by atoms with van der Waals surface area (Å²) in [5.41, 5.74) is 4.26. The number of hydrogen-bond acceptors (Lipinski definition) is 5. The number of halogens is 2. The van der Waals surface area contributed by atoms with Gasteiger partial charge < -0.3 is 9.84 Å². The second-order valence-electron chi connectivity index (χ2n) is 8.38. The SMILES string of the molecule is Cc1nc(-c2ccc(C(C)(F)F)cc2)sc1CN1CCc2ccc(OCC(=O)O)cc2CC1. The Hall–Kier alpha value is -2.84. The lowest BCUT2D eigenvalue weighted by molar-refractivity contribution is -0.139. The molecule has 0 unspecified atom stereocenters. The number of aryl methyl sites for hydroxylation is 1. The molecule has 0 amide bonds. The third-order valence-electron chi connectivity index (χ3n) is 5.83. The molecule has 1 aromatic heterocycles. The minimum Gasteiger partial charge on any atom is -0.482 e. The zero-order valence-corrected chi connectivity index (χ0v) is 19.4. The van der Waals surface area contributed by atoms with Gasteiger partial charge >= 0.3 is 5.97 Å². The molecule has 8 heteroatoms. The van der Waals surface area contributed by atoms with E-state index in [4.69, 9.17) is 9.84 Å². The Morgan fingerprint density at radius 1 is 1.15 bits per heavy atom. The van der Waals surface area contributed by atoms with Gasteiger partial charge in [-0.2, -0.15) is 0 Å². The maximum Gasteiger partial charge on any atom is 0.341 e. The number of alkyl halides is 2. The van der Waals surface area contributed by atoms with E-state index < -0.39 is 11.9 Å². The molecule has 4 rings (SSSR count). The summed E-state index contributed by atoms with van der Waals surface area (Å²) in [5, 5.41) is 9.65. The summed E-state index contributed by atoms with van der Waals surface area (Å²) in [7, 11) is 0. The van der Waals surface area contributed by atoms with Gasteiger partial charge in [0.15, 0.2) is 6.61 Å². The lowest BCUT2D eigenvalue weighted by Crippen LogP contribution is -2.25. The zero-order chi connectivity index (χ0) is 23.6. The molecule has 0 saturated heterocycles. The van der Waals surface area contributed by atoms with Crippen molar-refractivity contribution in [2.75, 3.05) is 19.7 Å². The number of fused-ring (bicyclic) bond motifs is 1. The summed E-state index contributed by atoms with van der Waals surface area (Å²) in [6.07, 6.45) is 1.77. The molecule has 0 saturated carbocycles. The van der Waals surface area contributed by atoms with Crippen LogP contribution in [0, 0.1) is 6.92 Å². The van der Waals surface area contributed by atoms with E-state index in [1.807, 2.05) is 25.1 Å². The predicted octanol–water partition coefficient (Wildman–Crippen LogP) is 5.29. The van der Waals surface area contributed by atoms with Gasteiger partial charge in [-0.25, -0.2) is 18.6 Å². The van der Waals surface area contributed by atoms with Crippen molar-refractivity contribution < 1.29 is 23.4 Å². The first-order valence-electron chi connectivity index (χ1n) is 10.8. The first-order chi connectivity index (χ1) is 15.7. The van der Waals surface area contributed by atoms with Crippen molar-refractivity contribution in [2.24, 2.45) is 0 Å². The van der Waals surface area contributed by atoms with Crippen molar-refractivity contribution in [2.45, 2.75) is 39.2 Å². The highest BCUT2D eigenvalue weighted by atomic mass is 32.1. The van der Waals surface area contributed by atoms with Crippen molar-refractivity contribution >= 4 is 17.3 Å². The molecule has 0 fully saturated rings. The molecular weight excluding hydrogens is 446 g/mol. The fraction of sp³-hybridized carbons (Fsp3) is 0.360. The molecule has 5 nitrogen and oxygen atoms in total. The zero-order valence-electron chi connectivity index (χ0n) is 18.6. The molecule has 0 spiro atoms. The third-order valence-corrected chi connectivity index (χ3v) is 7.02. The monoisotopic (exact) mass is 472 g/mol. The van der Waals surface area contributed by atoms with Crippen LogP contribution in [0.5, 0.6) is 5.75 Å². The van der Waals surface area contributed by atoms with E-state index >= 15 is 0 Å². The van der Waals surface area contributed by atoms with E-state index in [1.54, 1.807) is 23.5 Å². The summed E-state index contributed by atoms with van der Waals surface area (Å²) < 4.78 is 32.3. The Morgan fingerprint density at radius 3 is 2.52 bits per heavy atom. The topological polar surface area (TPSA) is 62.7 Å². The standard InChI is InChI=1S/C25H26F2N2O3S/c1-16-22(33-24(28-16)18-3-6-20(7-4-18)25(2,26)27)14-29-11-9-17-5-8-21(32-15-23(30)31)13-19(17)10-12-29/h3-8,13H,9-12,14-15H2,1-2H3,(H,30,31). The van der Waals surface area contributed by atoms with Crippen LogP contribution in [0.25, 0.3) is 10.6 Å². The quantitative estimate of drug-likeness (QED) is 0.506. The van der Waals surface area contributed by atoms with Crippen molar-refractivity contribution in [3.63, 3.8) is 0 Å². The molecule has 33 heavy (non-hydrogen) atoms. The van der Waals surface area contributed by atoms with Crippen LogP contribution in [0.4, 0.5) is 8.78 Å². The summed E-state index contributed by atoms with van der Waals surface area (Å²) in [6, 6.07) is 12.1. The Balaban J connectivity index is 1.42. The average molecular weight is 473 g/mol. The van der Waals surface area contributed by atoms with E-state index in [9.17, 15) is 13.6 Å². The number of carboxylic acids is 1. The van der Waals surface area contributed by atoms with Gasteiger partial charge in [0.25, 0.3) is 5.92 Å². The van der Waals surface area contributed by atoms with Gasteiger partial charge in [0, 0.05) is 42.6 Å². The lowest BCUT2D eigenvalue weighted by atomic mass is 10.0. The second kappa shape index (κ2) is 9.57. The first-order valence-corrected chi connectivity index (χ1v) is 11.6. The van der Waals surface area contributed by atoms with E-state index in [-0.39, 0.29) is 12.2 Å². The van der Waals surface area contributed by atoms with Gasteiger partial charge in [-0.15, -0.1) is 11.3 Å². The first kappa shape index (κ1) is 23.3.